The molecular weight excluding hydrogens is 272 g/mol. The Bertz CT molecular complexity index is 266. The molecular formula is C12H24O8. The van der Waals surface area contributed by atoms with Gasteiger partial charge in [0.05, 0.1) is 6.10 Å². The van der Waals surface area contributed by atoms with Crippen molar-refractivity contribution in [1.82, 2.24) is 0 Å². The fraction of sp³-hybridized carbons (Fsp3) is 1.00. The highest BCUT2D eigenvalue weighted by Crippen LogP contribution is 2.26. The Morgan fingerprint density at radius 2 is 2.00 bits per heavy atom. The van der Waals surface area contributed by atoms with Crippen molar-refractivity contribution in [3.63, 3.8) is 0 Å². The van der Waals surface area contributed by atoms with E-state index in [0.29, 0.717) is 13.0 Å². The standard InChI is InChI=1S/C12H24O8/c1-3-9(19-10-6-18-10)20-12(7-14,17-2)11(16)8(15)4-5-13/h8-11,13-16H,3-7H2,1-2H3/t8-,9-,10?,11-,12+/m1/s1. The summed E-state index contributed by atoms with van der Waals surface area (Å²) in [6.45, 7) is 1.27. The Balaban J connectivity index is 2.71. The normalized spacial score (nSPS) is 25.8. The van der Waals surface area contributed by atoms with Crippen molar-refractivity contribution in [3.8, 4) is 0 Å². The predicted molar refractivity (Wildman–Crippen MR) is 66.5 cm³/mol. The molecule has 1 rings (SSSR count). The number of aliphatic hydroxyl groups excluding tert-OH is 4. The van der Waals surface area contributed by atoms with Crippen molar-refractivity contribution in [2.45, 2.75) is 50.3 Å². The van der Waals surface area contributed by atoms with Crippen LogP contribution in [0.2, 0.25) is 0 Å². The first-order chi connectivity index (χ1) is 9.52. The van der Waals surface area contributed by atoms with Crippen LogP contribution >= 0.6 is 0 Å². The van der Waals surface area contributed by atoms with E-state index in [1.807, 2.05) is 0 Å². The van der Waals surface area contributed by atoms with Crippen molar-refractivity contribution >= 4 is 0 Å². The Hall–Kier alpha value is -0.320. The van der Waals surface area contributed by atoms with Crippen LogP contribution in [0, 0.1) is 0 Å². The van der Waals surface area contributed by atoms with E-state index in [1.54, 1.807) is 6.92 Å². The molecule has 0 aromatic rings. The molecule has 120 valence electrons. The molecule has 0 radical (unpaired) electrons. The first-order valence-corrected chi connectivity index (χ1v) is 6.60. The van der Waals surface area contributed by atoms with Gasteiger partial charge in [0.15, 0.2) is 12.6 Å². The Morgan fingerprint density at radius 1 is 1.35 bits per heavy atom. The van der Waals surface area contributed by atoms with Crippen LogP contribution in [0.1, 0.15) is 19.8 Å². The van der Waals surface area contributed by atoms with Gasteiger partial charge in [-0.2, -0.15) is 0 Å². The monoisotopic (exact) mass is 296 g/mol. The number of ether oxygens (including phenoxy) is 4. The van der Waals surface area contributed by atoms with Crippen LogP contribution < -0.4 is 0 Å². The summed E-state index contributed by atoms with van der Waals surface area (Å²) in [6, 6.07) is 0. The maximum Gasteiger partial charge on any atom is 0.223 e. The lowest BCUT2D eigenvalue weighted by molar-refractivity contribution is -0.357. The number of hydrogen-bond donors (Lipinski definition) is 4. The molecule has 0 aromatic carbocycles. The highest BCUT2D eigenvalue weighted by molar-refractivity contribution is 4.85. The molecule has 0 amide bonds. The van der Waals surface area contributed by atoms with Gasteiger partial charge >= 0.3 is 0 Å². The van der Waals surface area contributed by atoms with Gasteiger partial charge in [0, 0.05) is 13.7 Å². The van der Waals surface area contributed by atoms with Crippen LogP contribution in [0.25, 0.3) is 0 Å². The molecule has 0 aliphatic carbocycles. The van der Waals surface area contributed by atoms with E-state index in [0.717, 1.165) is 0 Å². The zero-order valence-electron chi connectivity index (χ0n) is 11.8. The summed E-state index contributed by atoms with van der Waals surface area (Å²) < 4.78 is 20.9. The third-order valence-electron chi connectivity index (χ3n) is 3.08. The van der Waals surface area contributed by atoms with Crippen molar-refractivity contribution in [2.24, 2.45) is 0 Å². The van der Waals surface area contributed by atoms with Crippen LogP contribution in [0.15, 0.2) is 0 Å². The molecule has 8 heteroatoms. The van der Waals surface area contributed by atoms with Gasteiger partial charge in [-0.05, 0) is 12.8 Å². The zero-order chi connectivity index (χ0) is 15.2. The summed E-state index contributed by atoms with van der Waals surface area (Å²) in [6.07, 6.45) is -3.59. The van der Waals surface area contributed by atoms with Gasteiger partial charge in [0.25, 0.3) is 0 Å². The van der Waals surface area contributed by atoms with E-state index < -0.39 is 30.9 Å². The molecule has 0 saturated carbocycles. The summed E-state index contributed by atoms with van der Waals surface area (Å²) in [7, 11) is 1.24. The van der Waals surface area contributed by atoms with Crippen LogP contribution in [0.3, 0.4) is 0 Å². The van der Waals surface area contributed by atoms with Crippen LogP contribution in [0.5, 0.6) is 0 Å². The average Bonchev–Trinajstić information content (AvgIpc) is 3.27. The van der Waals surface area contributed by atoms with Gasteiger partial charge in [-0.3, -0.25) is 0 Å². The van der Waals surface area contributed by atoms with E-state index in [2.05, 4.69) is 0 Å². The summed E-state index contributed by atoms with van der Waals surface area (Å²) >= 11 is 0. The summed E-state index contributed by atoms with van der Waals surface area (Å²) in [5.41, 5.74) is 0. The predicted octanol–water partition coefficient (Wildman–Crippen LogP) is -1.45. The molecule has 0 bridgehead atoms. The fourth-order valence-electron chi connectivity index (χ4n) is 1.73. The Labute approximate surface area is 117 Å². The maximum absolute atomic E-state index is 10.1. The summed E-state index contributed by atoms with van der Waals surface area (Å²) in [5, 5.41) is 38.1. The third kappa shape index (κ3) is 4.61. The molecule has 1 unspecified atom stereocenters. The molecule has 1 heterocycles. The number of methoxy groups -OCH3 is 1. The van der Waals surface area contributed by atoms with Crippen molar-refractivity contribution in [2.75, 3.05) is 26.9 Å². The molecule has 20 heavy (non-hydrogen) atoms. The lowest BCUT2D eigenvalue weighted by Gasteiger charge is -2.39. The Kier molecular flexibility index (Phi) is 7.27. The molecule has 4 N–H and O–H groups in total. The number of rotatable bonds is 11. The molecule has 0 aromatic heterocycles. The Morgan fingerprint density at radius 3 is 2.40 bits per heavy atom. The smallest absolute Gasteiger partial charge is 0.223 e. The molecule has 1 aliphatic rings. The second-order valence-corrected chi connectivity index (χ2v) is 4.55. The van der Waals surface area contributed by atoms with E-state index in [-0.39, 0.29) is 19.3 Å². The first-order valence-electron chi connectivity index (χ1n) is 6.60. The van der Waals surface area contributed by atoms with E-state index in [1.165, 1.54) is 7.11 Å². The minimum absolute atomic E-state index is 0.0704. The maximum atomic E-state index is 10.1. The second-order valence-electron chi connectivity index (χ2n) is 4.55. The molecule has 1 saturated heterocycles. The van der Waals surface area contributed by atoms with Crippen molar-refractivity contribution in [1.29, 1.82) is 0 Å². The topological polar surface area (TPSA) is 121 Å². The SMILES string of the molecule is CC[C@H](OC1CO1)O[C@](CO)(OC)[C@H](O)[C@H](O)CCO. The molecule has 8 nitrogen and oxygen atoms in total. The van der Waals surface area contributed by atoms with Crippen molar-refractivity contribution < 1.29 is 39.4 Å². The number of aliphatic hydroxyl groups is 4. The van der Waals surface area contributed by atoms with Crippen LogP contribution in [-0.4, -0.2) is 77.9 Å². The first kappa shape index (κ1) is 17.7. The van der Waals surface area contributed by atoms with Gasteiger partial charge in [-0.15, -0.1) is 0 Å². The minimum atomic E-state index is -1.83. The van der Waals surface area contributed by atoms with Gasteiger partial charge < -0.3 is 39.4 Å². The largest absolute Gasteiger partial charge is 0.396 e. The quantitative estimate of drug-likeness (QED) is 0.270. The highest BCUT2D eigenvalue weighted by Gasteiger charge is 2.45. The molecule has 1 aliphatic heterocycles. The highest BCUT2D eigenvalue weighted by atomic mass is 16.8. The molecule has 0 spiro atoms. The van der Waals surface area contributed by atoms with Gasteiger partial charge in [-0.1, -0.05) is 6.92 Å². The number of hydrogen-bond acceptors (Lipinski definition) is 8. The summed E-state index contributed by atoms with van der Waals surface area (Å²) in [4.78, 5) is 0. The minimum Gasteiger partial charge on any atom is -0.396 e. The molecule has 5 atom stereocenters. The van der Waals surface area contributed by atoms with Crippen LogP contribution in [-0.2, 0) is 18.9 Å². The van der Waals surface area contributed by atoms with E-state index >= 15 is 0 Å². The lowest BCUT2D eigenvalue weighted by Crippen LogP contribution is -2.57. The van der Waals surface area contributed by atoms with Gasteiger partial charge in [0.1, 0.15) is 19.3 Å². The third-order valence-corrected chi connectivity index (χ3v) is 3.08. The number of epoxide rings is 1. The van der Waals surface area contributed by atoms with Gasteiger partial charge in [0.2, 0.25) is 5.79 Å². The average molecular weight is 296 g/mol. The van der Waals surface area contributed by atoms with E-state index in [4.69, 9.17) is 24.1 Å². The molecule has 1 fully saturated rings. The van der Waals surface area contributed by atoms with Crippen LogP contribution in [0.4, 0.5) is 0 Å². The van der Waals surface area contributed by atoms with E-state index in [9.17, 15) is 15.3 Å². The zero-order valence-corrected chi connectivity index (χ0v) is 11.8. The fourth-order valence-corrected chi connectivity index (χ4v) is 1.73. The lowest BCUT2D eigenvalue weighted by atomic mass is 10.0. The second kappa shape index (κ2) is 8.20. The van der Waals surface area contributed by atoms with Crippen molar-refractivity contribution in [3.05, 3.63) is 0 Å². The summed E-state index contributed by atoms with van der Waals surface area (Å²) in [5.74, 6) is -1.83. The van der Waals surface area contributed by atoms with Gasteiger partial charge in [-0.25, -0.2) is 0 Å².